The van der Waals surface area contributed by atoms with Crippen LogP contribution in [0.25, 0.3) is 66.9 Å². The molecule has 1 aromatic heterocycles. The molecule has 0 saturated carbocycles. The molecule has 0 fully saturated rings. The number of hydrogen-bond donors (Lipinski definition) is 0. The van der Waals surface area contributed by atoms with E-state index in [0.29, 0.717) is 5.82 Å². The second kappa shape index (κ2) is 12.0. The number of rotatable bonds is 4. The highest BCUT2D eigenvalue weighted by Gasteiger charge is 2.50. The van der Waals surface area contributed by atoms with Crippen LogP contribution in [0.2, 0.25) is 0 Å². The summed E-state index contributed by atoms with van der Waals surface area (Å²) in [4.78, 5) is 10.4. The Labute approximate surface area is 313 Å². The van der Waals surface area contributed by atoms with Crippen LogP contribution in [0.1, 0.15) is 22.3 Å². The minimum Gasteiger partial charge on any atom is -0.457 e. The van der Waals surface area contributed by atoms with E-state index < -0.39 is 5.41 Å². The summed E-state index contributed by atoms with van der Waals surface area (Å²) >= 11 is 0. The summed E-state index contributed by atoms with van der Waals surface area (Å²) < 4.78 is 6.87. The molecule has 0 atom stereocenters. The van der Waals surface area contributed by atoms with E-state index >= 15 is 0 Å². The summed E-state index contributed by atoms with van der Waals surface area (Å²) in [6.07, 6.45) is 0. The van der Waals surface area contributed by atoms with Crippen LogP contribution in [-0.4, -0.2) is 9.97 Å². The van der Waals surface area contributed by atoms with Gasteiger partial charge in [-0.05, 0) is 68.4 Å². The maximum atomic E-state index is 6.87. The molecule has 3 heteroatoms. The molecule has 0 amide bonds. The summed E-state index contributed by atoms with van der Waals surface area (Å²) in [6, 6.07) is 68.9. The van der Waals surface area contributed by atoms with Crippen LogP contribution in [0.5, 0.6) is 11.5 Å². The van der Waals surface area contributed by atoms with Gasteiger partial charge in [0.15, 0.2) is 5.82 Å². The van der Waals surface area contributed by atoms with Crippen molar-refractivity contribution in [3.8, 4) is 67.7 Å². The molecule has 54 heavy (non-hydrogen) atoms. The predicted octanol–water partition coefficient (Wildman–Crippen LogP) is 12.8. The molecule has 1 aliphatic carbocycles. The van der Waals surface area contributed by atoms with Crippen LogP contribution in [-0.2, 0) is 5.41 Å². The Morgan fingerprint density at radius 2 is 0.907 bits per heavy atom. The number of para-hydroxylation sites is 1. The predicted molar refractivity (Wildman–Crippen MR) is 219 cm³/mol. The average molecular weight is 689 g/mol. The van der Waals surface area contributed by atoms with Crippen molar-refractivity contribution in [3.63, 3.8) is 0 Å². The lowest BCUT2D eigenvalue weighted by atomic mass is 9.66. The number of hydrogen-bond acceptors (Lipinski definition) is 3. The van der Waals surface area contributed by atoms with Crippen LogP contribution in [0, 0.1) is 0 Å². The van der Waals surface area contributed by atoms with Crippen molar-refractivity contribution < 1.29 is 4.74 Å². The monoisotopic (exact) mass is 688 g/mol. The molecular weight excluding hydrogens is 657 g/mol. The van der Waals surface area contributed by atoms with E-state index in [-0.39, 0.29) is 0 Å². The largest absolute Gasteiger partial charge is 0.457 e. The fraction of sp³-hybridized carbons (Fsp3) is 0.0196. The van der Waals surface area contributed by atoms with Gasteiger partial charge in [0.25, 0.3) is 0 Å². The van der Waals surface area contributed by atoms with Gasteiger partial charge in [0, 0.05) is 27.8 Å². The third kappa shape index (κ3) is 4.55. The molecule has 8 aromatic carbocycles. The quantitative estimate of drug-likeness (QED) is 0.185. The molecule has 252 valence electrons. The van der Waals surface area contributed by atoms with Crippen LogP contribution >= 0.6 is 0 Å². The summed E-state index contributed by atoms with van der Waals surface area (Å²) in [5, 5.41) is 2.38. The van der Waals surface area contributed by atoms with Gasteiger partial charge in [-0.2, -0.15) is 0 Å². The smallest absolute Gasteiger partial charge is 0.160 e. The lowest BCUT2D eigenvalue weighted by Gasteiger charge is -2.39. The zero-order valence-corrected chi connectivity index (χ0v) is 29.3. The lowest BCUT2D eigenvalue weighted by Crippen LogP contribution is -2.32. The maximum absolute atomic E-state index is 6.87. The van der Waals surface area contributed by atoms with Gasteiger partial charge in [-0.25, -0.2) is 9.97 Å². The molecule has 2 aliphatic rings. The van der Waals surface area contributed by atoms with Gasteiger partial charge < -0.3 is 4.74 Å². The fourth-order valence-electron chi connectivity index (χ4n) is 8.78. The fourth-order valence-corrected chi connectivity index (χ4v) is 8.78. The van der Waals surface area contributed by atoms with E-state index in [2.05, 4.69) is 176 Å². The molecule has 1 spiro atoms. The lowest BCUT2D eigenvalue weighted by molar-refractivity contribution is 0.436. The van der Waals surface area contributed by atoms with Gasteiger partial charge in [-0.1, -0.05) is 170 Å². The molecule has 0 N–H and O–H groups in total. The molecule has 0 saturated heterocycles. The van der Waals surface area contributed by atoms with E-state index in [1.807, 2.05) is 18.2 Å². The first-order valence-electron chi connectivity index (χ1n) is 18.4. The van der Waals surface area contributed by atoms with Gasteiger partial charge >= 0.3 is 0 Å². The molecule has 1 aliphatic heterocycles. The molecule has 11 rings (SSSR count). The van der Waals surface area contributed by atoms with Crippen LogP contribution in [0.3, 0.4) is 0 Å². The summed E-state index contributed by atoms with van der Waals surface area (Å²) in [7, 11) is 0. The average Bonchev–Trinajstić information content (AvgIpc) is 3.54. The topological polar surface area (TPSA) is 35.0 Å². The van der Waals surface area contributed by atoms with Gasteiger partial charge in [0.1, 0.15) is 11.5 Å². The van der Waals surface area contributed by atoms with E-state index in [4.69, 9.17) is 14.7 Å². The molecular formula is C51H32N2O. The second-order valence-electron chi connectivity index (χ2n) is 14.1. The zero-order chi connectivity index (χ0) is 35.6. The van der Waals surface area contributed by atoms with Crippen molar-refractivity contribution >= 4 is 10.8 Å². The highest BCUT2D eigenvalue weighted by Crippen LogP contribution is 2.62. The Morgan fingerprint density at radius 3 is 1.69 bits per heavy atom. The van der Waals surface area contributed by atoms with E-state index in [0.717, 1.165) is 56.3 Å². The number of benzene rings is 8. The maximum Gasteiger partial charge on any atom is 0.160 e. The highest BCUT2D eigenvalue weighted by molar-refractivity contribution is 5.91. The van der Waals surface area contributed by atoms with Gasteiger partial charge in [-0.3, -0.25) is 0 Å². The Bertz CT molecular complexity index is 2880. The summed E-state index contributed by atoms with van der Waals surface area (Å²) in [6.45, 7) is 0. The highest BCUT2D eigenvalue weighted by atomic mass is 16.5. The molecule has 3 nitrogen and oxygen atoms in total. The van der Waals surface area contributed by atoms with E-state index in [9.17, 15) is 0 Å². The Morgan fingerprint density at radius 1 is 0.333 bits per heavy atom. The molecule has 2 heterocycles. The van der Waals surface area contributed by atoms with Gasteiger partial charge in [0.2, 0.25) is 0 Å². The standard InChI is InChI=1S/C51H32N2O/c1-2-15-34(16-3-1)50-52-46(37-27-26-33-14-4-5-17-35(33)30-37)32-47(53-50)41-21-7-6-18-38(41)36-28-29-45-49(31-36)54-48-25-13-12-24-44(48)51(45)42-22-10-8-19-39(42)40-20-9-11-23-43(40)51/h1-32H. The van der Waals surface area contributed by atoms with Gasteiger partial charge in [-0.15, -0.1) is 0 Å². The Hall–Kier alpha value is -7.10. The van der Waals surface area contributed by atoms with Crippen molar-refractivity contribution in [1.29, 1.82) is 0 Å². The van der Waals surface area contributed by atoms with Crippen molar-refractivity contribution in [2.75, 3.05) is 0 Å². The third-order valence-electron chi connectivity index (χ3n) is 11.2. The molecule has 0 unspecified atom stereocenters. The first-order valence-corrected chi connectivity index (χ1v) is 18.4. The molecule has 0 bridgehead atoms. The number of ether oxygens (including phenoxy) is 1. The first-order chi connectivity index (χ1) is 26.8. The van der Waals surface area contributed by atoms with Crippen molar-refractivity contribution in [2.24, 2.45) is 0 Å². The van der Waals surface area contributed by atoms with Crippen LogP contribution in [0.4, 0.5) is 0 Å². The number of fused-ring (bicyclic) bond motifs is 10. The van der Waals surface area contributed by atoms with Gasteiger partial charge in [0.05, 0.1) is 16.8 Å². The van der Waals surface area contributed by atoms with Crippen LogP contribution in [0.15, 0.2) is 194 Å². The first kappa shape index (κ1) is 30.5. The van der Waals surface area contributed by atoms with Crippen LogP contribution < -0.4 is 4.74 Å². The van der Waals surface area contributed by atoms with Crippen molar-refractivity contribution in [2.45, 2.75) is 5.41 Å². The zero-order valence-electron chi connectivity index (χ0n) is 29.3. The number of aromatic nitrogens is 2. The third-order valence-corrected chi connectivity index (χ3v) is 11.2. The summed E-state index contributed by atoms with van der Waals surface area (Å²) in [5.41, 5.74) is 13.9. The number of nitrogens with zero attached hydrogens (tertiary/aromatic N) is 2. The Balaban J connectivity index is 1.10. The van der Waals surface area contributed by atoms with Crippen molar-refractivity contribution in [1.82, 2.24) is 9.97 Å². The summed E-state index contributed by atoms with van der Waals surface area (Å²) in [5.74, 6) is 2.43. The SMILES string of the molecule is c1ccc(-c2nc(-c3ccc4ccccc4c3)cc(-c3ccccc3-c3ccc4c(c3)Oc3ccccc3C43c4ccccc4-c4ccccc43)n2)cc1. The minimum absolute atomic E-state index is 0.499. The van der Waals surface area contributed by atoms with E-state index in [1.54, 1.807) is 0 Å². The van der Waals surface area contributed by atoms with Crippen molar-refractivity contribution in [3.05, 3.63) is 216 Å². The molecule has 9 aromatic rings. The normalized spacial score (nSPS) is 13.1. The second-order valence-corrected chi connectivity index (χ2v) is 14.1. The minimum atomic E-state index is -0.499. The van der Waals surface area contributed by atoms with E-state index in [1.165, 1.54) is 38.6 Å². The molecule has 0 radical (unpaired) electrons. The Kier molecular flexibility index (Phi) is 6.77.